The van der Waals surface area contributed by atoms with Gasteiger partial charge in [0.15, 0.2) is 0 Å². The lowest BCUT2D eigenvalue weighted by Gasteiger charge is -2.02. The topological polar surface area (TPSA) is 77.3 Å². The number of rotatable bonds is 5. The van der Waals surface area contributed by atoms with Gasteiger partial charge >= 0.3 is 0 Å². The molecule has 0 atom stereocenters. The molecule has 1 aromatic carbocycles. The van der Waals surface area contributed by atoms with E-state index in [0.717, 1.165) is 6.42 Å². The van der Waals surface area contributed by atoms with E-state index in [4.69, 9.17) is 5.26 Å². The fraction of sp³-hybridized carbons (Fsp3) is 0.154. The molecule has 1 rings (SSSR count). The van der Waals surface area contributed by atoms with E-state index in [0.29, 0.717) is 5.69 Å². The Balaban J connectivity index is 2.74. The van der Waals surface area contributed by atoms with Crippen molar-refractivity contribution in [1.29, 1.82) is 5.26 Å². The van der Waals surface area contributed by atoms with Crippen molar-refractivity contribution in [3.8, 4) is 6.07 Å². The molecule has 5 nitrogen and oxygen atoms in total. The summed E-state index contributed by atoms with van der Waals surface area (Å²) in [5.74, 6) is -0.592. The fourth-order valence-electron chi connectivity index (χ4n) is 1.22. The van der Waals surface area contributed by atoms with Gasteiger partial charge in [0.1, 0.15) is 6.07 Å². The third-order valence-corrected chi connectivity index (χ3v) is 2.21. The summed E-state index contributed by atoms with van der Waals surface area (Å²) in [6.07, 6.45) is 2.15. The molecule has 0 aliphatic rings. The van der Waals surface area contributed by atoms with Crippen molar-refractivity contribution in [3.63, 3.8) is 0 Å². The molecule has 0 saturated heterocycles. The molecule has 0 saturated carbocycles. The van der Waals surface area contributed by atoms with Crippen molar-refractivity contribution in [2.75, 3.05) is 5.43 Å². The van der Waals surface area contributed by atoms with Crippen molar-refractivity contribution < 1.29 is 4.79 Å². The van der Waals surface area contributed by atoms with Crippen LogP contribution < -0.4 is 10.7 Å². The number of carbonyl (C=O) groups is 1. The Morgan fingerprint density at radius 2 is 2.17 bits per heavy atom. The SMILES string of the molecule is C=CNC(=O)/C(C#N)=N/Nc1ccc(CC)cc1. The van der Waals surface area contributed by atoms with Crippen molar-refractivity contribution in [3.05, 3.63) is 42.6 Å². The summed E-state index contributed by atoms with van der Waals surface area (Å²) in [6.45, 7) is 5.40. The van der Waals surface area contributed by atoms with Crippen LogP contribution in [0.25, 0.3) is 0 Å². The van der Waals surface area contributed by atoms with Crippen molar-refractivity contribution in [2.24, 2.45) is 5.10 Å². The Kier molecular flexibility index (Phi) is 5.13. The average molecular weight is 242 g/mol. The van der Waals surface area contributed by atoms with Crippen LogP contribution in [0, 0.1) is 11.3 Å². The number of nitrogens with zero attached hydrogens (tertiary/aromatic N) is 2. The summed E-state index contributed by atoms with van der Waals surface area (Å²) >= 11 is 0. The van der Waals surface area contributed by atoms with Crippen LogP contribution in [-0.2, 0) is 11.2 Å². The highest BCUT2D eigenvalue weighted by Crippen LogP contribution is 2.09. The molecule has 0 fully saturated rings. The second-order valence-electron chi connectivity index (χ2n) is 3.41. The predicted octanol–water partition coefficient (Wildman–Crippen LogP) is 1.80. The third kappa shape index (κ3) is 3.76. The molecule has 0 radical (unpaired) electrons. The maximum absolute atomic E-state index is 11.3. The number of nitriles is 1. The normalized spacial score (nSPS) is 10.3. The molecule has 5 heteroatoms. The number of hydrazone groups is 1. The van der Waals surface area contributed by atoms with Gasteiger partial charge in [0.2, 0.25) is 5.71 Å². The lowest BCUT2D eigenvalue weighted by atomic mass is 10.2. The highest BCUT2D eigenvalue weighted by atomic mass is 16.1. The lowest BCUT2D eigenvalue weighted by molar-refractivity contribution is -0.113. The summed E-state index contributed by atoms with van der Waals surface area (Å²) in [5.41, 5.74) is 4.32. The number of aryl methyl sites for hydroxylation is 1. The highest BCUT2D eigenvalue weighted by Gasteiger charge is 2.08. The van der Waals surface area contributed by atoms with Crippen molar-refractivity contribution in [1.82, 2.24) is 5.32 Å². The van der Waals surface area contributed by atoms with Gasteiger partial charge in [-0.1, -0.05) is 25.6 Å². The van der Waals surface area contributed by atoms with Gasteiger partial charge < -0.3 is 5.32 Å². The van der Waals surface area contributed by atoms with Gasteiger partial charge in [-0.3, -0.25) is 10.2 Å². The van der Waals surface area contributed by atoms with Gasteiger partial charge in [-0.15, -0.1) is 0 Å². The third-order valence-electron chi connectivity index (χ3n) is 2.21. The minimum atomic E-state index is -0.592. The Hall–Kier alpha value is -2.61. The molecule has 0 aliphatic heterocycles. The Morgan fingerprint density at radius 1 is 1.50 bits per heavy atom. The zero-order chi connectivity index (χ0) is 13.4. The Morgan fingerprint density at radius 3 is 2.67 bits per heavy atom. The van der Waals surface area contributed by atoms with Gasteiger partial charge in [-0.25, -0.2) is 0 Å². The van der Waals surface area contributed by atoms with E-state index in [-0.39, 0.29) is 5.71 Å². The van der Waals surface area contributed by atoms with Crippen LogP contribution in [0.15, 0.2) is 42.1 Å². The monoisotopic (exact) mass is 242 g/mol. The van der Waals surface area contributed by atoms with E-state index in [2.05, 4.69) is 29.3 Å². The number of nitrogens with one attached hydrogen (secondary N) is 2. The molecule has 2 N–H and O–H groups in total. The van der Waals surface area contributed by atoms with E-state index >= 15 is 0 Å². The first-order chi connectivity index (χ1) is 8.71. The van der Waals surface area contributed by atoms with Crippen LogP contribution in [-0.4, -0.2) is 11.6 Å². The number of amides is 1. The molecular formula is C13H14N4O. The molecule has 92 valence electrons. The van der Waals surface area contributed by atoms with E-state index < -0.39 is 5.91 Å². The maximum atomic E-state index is 11.3. The van der Waals surface area contributed by atoms with Gasteiger partial charge in [-0.2, -0.15) is 10.4 Å². The number of hydrogen-bond acceptors (Lipinski definition) is 4. The summed E-state index contributed by atoms with van der Waals surface area (Å²) in [6, 6.07) is 9.28. The molecule has 1 amide bonds. The molecule has 0 aliphatic carbocycles. The van der Waals surface area contributed by atoms with Crippen LogP contribution in [0.5, 0.6) is 0 Å². The highest BCUT2D eigenvalue weighted by molar-refractivity contribution is 6.45. The largest absolute Gasteiger partial charge is 0.327 e. The molecule has 1 aromatic rings. The second-order valence-corrected chi connectivity index (χ2v) is 3.41. The van der Waals surface area contributed by atoms with Gasteiger partial charge in [0.05, 0.1) is 5.69 Å². The molecule has 0 unspecified atom stereocenters. The minimum Gasteiger partial charge on any atom is -0.327 e. The van der Waals surface area contributed by atoms with E-state index in [9.17, 15) is 4.79 Å². The first-order valence-corrected chi connectivity index (χ1v) is 5.45. The average Bonchev–Trinajstić information content (AvgIpc) is 2.40. The number of hydrogen-bond donors (Lipinski definition) is 2. The lowest BCUT2D eigenvalue weighted by Crippen LogP contribution is -2.26. The molecule has 18 heavy (non-hydrogen) atoms. The van der Waals surface area contributed by atoms with Crippen molar-refractivity contribution >= 4 is 17.3 Å². The Labute approximate surface area is 106 Å². The van der Waals surface area contributed by atoms with Crippen LogP contribution >= 0.6 is 0 Å². The maximum Gasteiger partial charge on any atom is 0.286 e. The number of benzene rings is 1. The fourth-order valence-corrected chi connectivity index (χ4v) is 1.22. The molecule has 0 spiro atoms. The first kappa shape index (κ1) is 13.5. The van der Waals surface area contributed by atoms with E-state index in [1.54, 1.807) is 6.07 Å². The predicted molar refractivity (Wildman–Crippen MR) is 70.8 cm³/mol. The van der Waals surface area contributed by atoms with Crippen LogP contribution in [0.4, 0.5) is 5.69 Å². The second kappa shape index (κ2) is 6.86. The molecular weight excluding hydrogens is 228 g/mol. The summed E-state index contributed by atoms with van der Waals surface area (Å²) in [7, 11) is 0. The molecule has 0 aromatic heterocycles. The summed E-state index contributed by atoms with van der Waals surface area (Å²) in [5, 5.41) is 14.8. The van der Waals surface area contributed by atoms with Gasteiger partial charge in [0.25, 0.3) is 5.91 Å². The zero-order valence-corrected chi connectivity index (χ0v) is 10.1. The standard InChI is InChI=1S/C13H14N4O/c1-3-10-5-7-11(8-6-10)16-17-12(9-14)13(18)15-4-2/h4-8,16H,2-3H2,1H3,(H,15,18)/b17-12+. The van der Waals surface area contributed by atoms with Crippen LogP contribution in [0.3, 0.4) is 0 Å². The van der Waals surface area contributed by atoms with E-state index in [1.165, 1.54) is 11.8 Å². The van der Waals surface area contributed by atoms with E-state index in [1.807, 2.05) is 24.3 Å². The first-order valence-electron chi connectivity index (χ1n) is 5.45. The summed E-state index contributed by atoms with van der Waals surface area (Å²) < 4.78 is 0. The van der Waals surface area contributed by atoms with Gasteiger partial charge in [-0.05, 0) is 30.3 Å². The zero-order valence-electron chi connectivity index (χ0n) is 10.1. The Bertz CT molecular complexity index is 497. The molecule has 0 heterocycles. The quantitative estimate of drug-likeness (QED) is 0.610. The van der Waals surface area contributed by atoms with Crippen molar-refractivity contribution in [2.45, 2.75) is 13.3 Å². The van der Waals surface area contributed by atoms with Crippen LogP contribution in [0.1, 0.15) is 12.5 Å². The van der Waals surface area contributed by atoms with Gasteiger partial charge in [0, 0.05) is 0 Å². The number of anilines is 1. The van der Waals surface area contributed by atoms with Crippen LogP contribution in [0.2, 0.25) is 0 Å². The number of carbonyl (C=O) groups excluding carboxylic acids is 1. The summed E-state index contributed by atoms with van der Waals surface area (Å²) in [4.78, 5) is 11.3. The molecule has 0 bridgehead atoms. The smallest absolute Gasteiger partial charge is 0.286 e. The minimum absolute atomic E-state index is 0.255.